The molecule has 0 aliphatic carbocycles. The summed E-state index contributed by atoms with van der Waals surface area (Å²) in [4.78, 5) is 24.3. The first-order valence-electron chi connectivity index (χ1n) is 7.84. The van der Waals surface area contributed by atoms with Crippen LogP contribution in [0.5, 0.6) is 5.75 Å². The van der Waals surface area contributed by atoms with Crippen molar-refractivity contribution in [2.75, 3.05) is 13.2 Å². The monoisotopic (exact) mass is 391 g/mol. The maximum Gasteiger partial charge on any atom is 0.258 e. The molecule has 0 bridgehead atoms. The second-order valence-electron chi connectivity index (χ2n) is 5.65. The molecule has 0 saturated carbocycles. The van der Waals surface area contributed by atoms with Crippen LogP contribution in [0.1, 0.15) is 10.4 Å². The number of ketones is 1. The minimum absolute atomic E-state index is 0.234. The lowest BCUT2D eigenvalue weighted by atomic mass is 10.1. The molecule has 0 radical (unpaired) electrons. The number of halogens is 2. The Bertz CT molecular complexity index is 1010. The number of hydrogen-bond acceptors (Lipinski definition) is 4. The van der Waals surface area contributed by atoms with Gasteiger partial charge in [0.05, 0.1) is 6.54 Å². The first-order chi connectivity index (χ1) is 12.5. The fourth-order valence-electron chi connectivity index (χ4n) is 2.59. The first kappa shape index (κ1) is 18.5. The highest BCUT2D eigenvalue weighted by Crippen LogP contribution is 2.24. The van der Waals surface area contributed by atoms with Crippen molar-refractivity contribution in [1.82, 2.24) is 4.57 Å². The van der Waals surface area contributed by atoms with Crippen LogP contribution in [0.25, 0.3) is 10.8 Å². The number of fused-ring (bicyclic) bond motifs is 1. The number of nitrogens with zero attached hydrogens (tertiary/aromatic N) is 1. The molecule has 0 fully saturated rings. The molecule has 0 spiro atoms. The van der Waals surface area contributed by atoms with Gasteiger partial charge in [-0.05, 0) is 35.7 Å². The zero-order valence-electron chi connectivity index (χ0n) is 13.6. The summed E-state index contributed by atoms with van der Waals surface area (Å²) >= 11 is 11.8. The molecule has 1 heterocycles. The lowest BCUT2D eigenvalue weighted by Gasteiger charge is -2.10. The molecule has 0 atom stereocenters. The van der Waals surface area contributed by atoms with Crippen LogP contribution in [0.2, 0.25) is 10.0 Å². The van der Waals surface area contributed by atoms with Crippen molar-refractivity contribution >= 4 is 39.8 Å². The van der Waals surface area contributed by atoms with Crippen molar-refractivity contribution in [3.05, 3.63) is 74.6 Å². The number of pyridine rings is 1. The number of aromatic nitrogens is 1. The second kappa shape index (κ2) is 7.91. The number of benzene rings is 2. The molecule has 1 aromatic heterocycles. The van der Waals surface area contributed by atoms with E-state index in [0.29, 0.717) is 33.3 Å². The van der Waals surface area contributed by atoms with Gasteiger partial charge in [-0.1, -0.05) is 35.3 Å². The fourth-order valence-corrected chi connectivity index (χ4v) is 3.10. The van der Waals surface area contributed by atoms with Gasteiger partial charge in [0.25, 0.3) is 5.56 Å². The van der Waals surface area contributed by atoms with Crippen LogP contribution in [0.3, 0.4) is 0 Å². The average Bonchev–Trinajstić information content (AvgIpc) is 2.62. The normalized spacial score (nSPS) is 10.9. The molecule has 0 aliphatic heterocycles. The molecule has 0 aliphatic rings. The topological polar surface area (TPSA) is 68.5 Å². The summed E-state index contributed by atoms with van der Waals surface area (Å²) in [5.74, 6) is 0.0926. The molecule has 134 valence electrons. The van der Waals surface area contributed by atoms with Crippen LogP contribution in [0, 0.1) is 0 Å². The molecular weight excluding hydrogens is 377 g/mol. The number of ether oxygens (including phenoxy) is 1. The number of Topliss-reactive ketones (excluding diaryl/α,β-unsaturated/α-hetero) is 1. The molecule has 0 unspecified atom stereocenters. The van der Waals surface area contributed by atoms with Crippen LogP contribution in [0.4, 0.5) is 0 Å². The van der Waals surface area contributed by atoms with Gasteiger partial charge in [-0.2, -0.15) is 0 Å². The second-order valence-corrected chi connectivity index (χ2v) is 6.52. The van der Waals surface area contributed by atoms with Crippen LogP contribution < -0.4 is 10.3 Å². The number of hydrogen-bond donors (Lipinski definition) is 1. The van der Waals surface area contributed by atoms with Gasteiger partial charge in [-0.25, -0.2) is 0 Å². The predicted molar refractivity (Wildman–Crippen MR) is 102 cm³/mol. The van der Waals surface area contributed by atoms with Crippen molar-refractivity contribution < 1.29 is 14.6 Å². The van der Waals surface area contributed by atoms with Gasteiger partial charge in [0.15, 0.2) is 5.78 Å². The van der Waals surface area contributed by atoms with Crippen molar-refractivity contribution in [3.8, 4) is 5.75 Å². The Balaban J connectivity index is 1.80. The molecule has 26 heavy (non-hydrogen) atoms. The molecule has 3 rings (SSSR count). The molecule has 5 nitrogen and oxygen atoms in total. The van der Waals surface area contributed by atoms with Crippen LogP contribution in [-0.4, -0.2) is 28.7 Å². The van der Waals surface area contributed by atoms with Gasteiger partial charge in [0, 0.05) is 27.2 Å². The smallest absolute Gasteiger partial charge is 0.258 e. The van der Waals surface area contributed by atoms with Gasteiger partial charge >= 0.3 is 0 Å². The first-order valence-corrected chi connectivity index (χ1v) is 8.59. The largest absolute Gasteiger partial charge is 0.492 e. The number of aliphatic hydroxyl groups excluding tert-OH is 1. The van der Waals surface area contributed by atoms with Crippen molar-refractivity contribution in [2.24, 2.45) is 0 Å². The van der Waals surface area contributed by atoms with Gasteiger partial charge in [0.2, 0.25) is 0 Å². The number of carbonyl (C=O) groups is 1. The van der Waals surface area contributed by atoms with Crippen molar-refractivity contribution in [2.45, 2.75) is 6.54 Å². The van der Waals surface area contributed by atoms with Gasteiger partial charge < -0.3 is 14.4 Å². The third kappa shape index (κ3) is 4.07. The van der Waals surface area contributed by atoms with E-state index in [0.717, 1.165) is 5.39 Å². The third-order valence-corrected chi connectivity index (χ3v) is 4.32. The van der Waals surface area contributed by atoms with Gasteiger partial charge in [-0.3, -0.25) is 9.59 Å². The quantitative estimate of drug-likeness (QED) is 0.652. The third-order valence-electron chi connectivity index (χ3n) is 3.88. The summed E-state index contributed by atoms with van der Waals surface area (Å²) in [6.07, 6.45) is 1.67. The molecule has 2 aromatic carbocycles. The van der Waals surface area contributed by atoms with E-state index in [1.807, 2.05) is 0 Å². The Morgan fingerprint density at radius 1 is 1.08 bits per heavy atom. The lowest BCUT2D eigenvalue weighted by Crippen LogP contribution is -2.23. The van der Waals surface area contributed by atoms with Crippen molar-refractivity contribution in [1.29, 1.82) is 0 Å². The summed E-state index contributed by atoms with van der Waals surface area (Å²) in [6, 6.07) is 11.5. The number of aliphatic hydroxyl groups is 1. The highest BCUT2D eigenvalue weighted by molar-refractivity contribution is 6.34. The Morgan fingerprint density at radius 3 is 2.50 bits per heavy atom. The van der Waals surface area contributed by atoms with E-state index in [4.69, 9.17) is 33.0 Å². The Labute approximate surface area is 159 Å². The Kier molecular flexibility index (Phi) is 5.61. The Hall–Kier alpha value is -2.34. The molecular formula is C19H15Cl2NO4. The predicted octanol–water partition coefficient (Wildman–Crippen LogP) is 3.56. The van der Waals surface area contributed by atoms with Gasteiger partial charge in [0.1, 0.15) is 19.0 Å². The molecule has 7 heteroatoms. The van der Waals surface area contributed by atoms with Crippen LogP contribution in [0.15, 0.2) is 53.5 Å². The van der Waals surface area contributed by atoms with E-state index < -0.39 is 12.4 Å². The fraction of sp³-hybridized carbons (Fsp3) is 0.158. The summed E-state index contributed by atoms with van der Waals surface area (Å²) in [7, 11) is 0. The molecule has 0 saturated heterocycles. The highest BCUT2D eigenvalue weighted by Gasteiger charge is 2.09. The van der Waals surface area contributed by atoms with E-state index >= 15 is 0 Å². The van der Waals surface area contributed by atoms with Crippen LogP contribution >= 0.6 is 23.2 Å². The van der Waals surface area contributed by atoms with Gasteiger partial charge in [-0.15, -0.1) is 0 Å². The van der Waals surface area contributed by atoms with Crippen molar-refractivity contribution in [3.63, 3.8) is 0 Å². The zero-order valence-corrected chi connectivity index (χ0v) is 15.1. The Morgan fingerprint density at radius 2 is 1.81 bits per heavy atom. The molecule has 1 N–H and O–H groups in total. The van der Waals surface area contributed by atoms with E-state index in [1.165, 1.54) is 10.6 Å². The summed E-state index contributed by atoms with van der Waals surface area (Å²) < 4.78 is 7.10. The summed E-state index contributed by atoms with van der Waals surface area (Å²) in [5, 5.41) is 11.1. The van der Waals surface area contributed by atoms with E-state index in [-0.39, 0.29) is 12.2 Å². The SMILES string of the molecule is O=C(CO)c1ccc2ccn(CCOc3cc(Cl)cc(Cl)c3)c(=O)c2c1. The lowest BCUT2D eigenvalue weighted by molar-refractivity contribution is 0.0904. The number of carbonyl (C=O) groups excluding carboxylic acids is 1. The number of rotatable bonds is 6. The standard InChI is InChI=1S/C19H15Cl2NO4/c20-14-8-15(21)10-16(9-14)26-6-5-22-4-3-12-1-2-13(18(24)11-23)7-17(12)19(22)25/h1-4,7-10,23H,5-6,11H2. The summed E-state index contributed by atoms with van der Waals surface area (Å²) in [5.41, 5.74) is 0.0717. The van der Waals surface area contributed by atoms with E-state index in [1.54, 1.807) is 42.6 Å². The van der Waals surface area contributed by atoms with Crippen LogP contribution in [-0.2, 0) is 6.54 Å². The summed E-state index contributed by atoms with van der Waals surface area (Å²) in [6.45, 7) is -0.0308. The minimum atomic E-state index is -0.595. The highest BCUT2D eigenvalue weighted by atomic mass is 35.5. The average molecular weight is 392 g/mol. The van der Waals surface area contributed by atoms with E-state index in [2.05, 4.69) is 0 Å². The zero-order chi connectivity index (χ0) is 18.7. The minimum Gasteiger partial charge on any atom is -0.492 e. The molecule has 3 aromatic rings. The molecule has 0 amide bonds. The maximum atomic E-state index is 12.6. The van der Waals surface area contributed by atoms with E-state index in [9.17, 15) is 9.59 Å². The maximum absolute atomic E-state index is 12.6.